The molecule has 0 aromatic rings. The average molecular weight is 86.1 g/mol. The summed E-state index contributed by atoms with van der Waals surface area (Å²) in [5.74, 6) is 1.85. The molecule has 28 valence electrons. The maximum Gasteiger partial charge on any atom is -0.0629 e. The molecule has 0 saturated heterocycles. The largest absolute Gasteiger partial charge is 0.114 e. The summed E-state index contributed by atoms with van der Waals surface area (Å²) in [4.78, 5) is 0. The lowest BCUT2D eigenvalue weighted by Gasteiger charge is -1.56. The first-order valence-electron chi connectivity index (χ1n) is 1.41. The highest BCUT2D eigenvalue weighted by molar-refractivity contribution is 7.20. The summed E-state index contributed by atoms with van der Waals surface area (Å²) in [6.07, 6.45) is 3.58. The molecule has 0 radical (unpaired) electrons. The van der Waals surface area contributed by atoms with Gasteiger partial charge in [-0.1, -0.05) is 24.5 Å². The number of hydrogen-bond donors (Lipinski definition) is 0. The van der Waals surface area contributed by atoms with Crippen molar-refractivity contribution in [3.63, 3.8) is 0 Å². The molecule has 0 nitrogen and oxygen atoms in total. The van der Waals surface area contributed by atoms with Crippen LogP contribution >= 0.6 is 9.24 Å². The van der Waals surface area contributed by atoms with E-state index in [0.29, 0.717) is 0 Å². The van der Waals surface area contributed by atoms with Crippen molar-refractivity contribution in [2.45, 2.75) is 0 Å². The quantitative estimate of drug-likeness (QED) is 0.335. The highest BCUT2D eigenvalue weighted by Crippen LogP contribution is 1.79. The third-order valence-electron chi connectivity index (χ3n) is 0.247. The minimum absolute atomic E-state index is 1.73. The zero-order chi connectivity index (χ0) is 4.12. The normalized spacial score (nSPS) is 9.00. The fourth-order valence-electron chi connectivity index (χ4n) is 0.0786. The Labute approximate surface area is 34.8 Å². The standard InChI is InChI=1S/C4H7P/c1-2-3-4-5/h2-4H,1,5H2. The Morgan fingerprint density at radius 3 is 2.20 bits per heavy atom. The monoisotopic (exact) mass is 86.0 g/mol. The van der Waals surface area contributed by atoms with Crippen LogP contribution in [0.1, 0.15) is 0 Å². The van der Waals surface area contributed by atoms with E-state index in [0.717, 1.165) is 0 Å². The summed E-state index contributed by atoms with van der Waals surface area (Å²) in [5, 5.41) is 0. The fourth-order valence-corrected chi connectivity index (χ4v) is 0.236. The Bertz CT molecular complexity index is 45.6. The van der Waals surface area contributed by atoms with Gasteiger partial charge < -0.3 is 0 Å². The molecule has 0 N–H and O–H groups in total. The van der Waals surface area contributed by atoms with Crippen molar-refractivity contribution >= 4 is 9.24 Å². The molecule has 0 aliphatic rings. The van der Waals surface area contributed by atoms with Gasteiger partial charge in [-0.25, -0.2) is 0 Å². The molecule has 5 heavy (non-hydrogen) atoms. The van der Waals surface area contributed by atoms with Crippen LogP contribution in [0, 0.1) is 0 Å². The van der Waals surface area contributed by atoms with Gasteiger partial charge >= 0.3 is 0 Å². The van der Waals surface area contributed by atoms with Crippen molar-refractivity contribution in [2.75, 3.05) is 0 Å². The molecule has 0 aromatic carbocycles. The van der Waals surface area contributed by atoms with Gasteiger partial charge in [-0.05, 0) is 0 Å². The molecular weight excluding hydrogens is 79.0 g/mol. The van der Waals surface area contributed by atoms with E-state index in [1.54, 1.807) is 6.08 Å². The fraction of sp³-hybridized carbons (Fsp3) is 0. The topological polar surface area (TPSA) is 0 Å². The van der Waals surface area contributed by atoms with Gasteiger partial charge in [0, 0.05) is 0 Å². The van der Waals surface area contributed by atoms with Crippen LogP contribution in [-0.4, -0.2) is 0 Å². The van der Waals surface area contributed by atoms with Crippen LogP contribution in [0.25, 0.3) is 0 Å². The first-order chi connectivity index (χ1) is 2.41. The molecule has 1 heteroatoms. The van der Waals surface area contributed by atoms with Crippen LogP contribution in [0.15, 0.2) is 24.5 Å². The van der Waals surface area contributed by atoms with Gasteiger partial charge in [0.2, 0.25) is 0 Å². The van der Waals surface area contributed by atoms with E-state index >= 15 is 0 Å². The minimum atomic E-state index is 1.73. The summed E-state index contributed by atoms with van der Waals surface area (Å²) in [6, 6.07) is 0. The molecule has 1 atom stereocenters. The smallest absolute Gasteiger partial charge is 0.0629 e. The Balaban J connectivity index is 2.92. The molecule has 0 rings (SSSR count). The first-order valence-corrected chi connectivity index (χ1v) is 2.07. The third-order valence-corrected chi connectivity index (χ3v) is 0.469. The van der Waals surface area contributed by atoms with Crippen LogP contribution in [0.5, 0.6) is 0 Å². The van der Waals surface area contributed by atoms with Crippen molar-refractivity contribution < 1.29 is 0 Å². The highest BCUT2D eigenvalue weighted by atomic mass is 31.0. The van der Waals surface area contributed by atoms with E-state index in [9.17, 15) is 0 Å². The first kappa shape index (κ1) is 4.91. The Morgan fingerprint density at radius 1 is 1.60 bits per heavy atom. The summed E-state index contributed by atoms with van der Waals surface area (Å²) >= 11 is 0. The number of rotatable bonds is 1. The maximum atomic E-state index is 3.45. The second-order valence-corrected chi connectivity index (χ2v) is 1.01. The van der Waals surface area contributed by atoms with Gasteiger partial charge in [-0.15, -0.1) is 9.24 Å². The molecule has 0 bridgehead atoms. The van der Waals surface area contributed by atoms with Gasteiger partial charge in [0.05, 0.1) is 0 Å². The van der Waals surface area contributed by atoms with E-state index in [2.05, 4.69) is 15.8 Å². The molecule has 0 spiro atoms. The lowest BCUT2D eigenvalue weighted by atomic mass is 10.6. The SMILES string of the molecule is C=CC=CP. The molecule has 0 fully saturated rings. The molecule has 0 aliphatic heterocycles. The molecule has 0 aliphatic carbocycles. The van der Waals surface area contributed by atoms with Gasteiger partial charge in [-0.3, -0.25) is 0 Å². The molecule has 0 amide bonds. The van der Waals surface area contributed by atoms with Crippen LogP contribution in [0.2, 0.25) is 0 Å². The van der Waals surface area contributed by atoms with Crippen molar-refractivity contribution in [1.29, 1.82) is 0 Å². The van der Waals surface area contributed by atoms with E-state index in [4.69, 9.17) is 0 Å². The van der Waals surface area contributed by atoms with Crippen molar-refractivity contribution in [3.05, 3.63) is 24.5 Å². The summed E-state index contributed by atoms with van der Waals surface area (Å²) in [5.41, 5.74) is 0. The van der Waals surface area contributed by atoms with E-state index in [1.807, 2.05) is 11.9 Å². The van der Waals surface area contributed by atoms with Crippen LogP contribution in [0.3, 0.4) is 0 Å². The Hall–Kier alpha value is -0.0900. The molecule has 0 heterocycles. The molecule has 1 unspecified atom stereocenters. The van der Waals surface area contributed by atoms with E-state index in [1.165, 1.54) is 0 Å². The second-order valence-electron chi connectivity index (χ2n) is 0.621. The van der Waals surface area contributed by atoms with E-state index < -0.39 is 0 Å². The highest BCUT2D eigenvalue weighted by Gasteiger charge is 1.41. The Kier molecular flexibility index (Phi) is 3.84. The van der Waals surface area contributed by atoms with Gasteiger partial charge in [-0.2, -0.15) is 0 Å². The zero-order valence-electron chi connectivity index (χ0n) is 3.02. The van der Waals surface area contributed by atoms with Gasteiger partial charge in [0.15, 0.2) is 0 Å². The summed E-state index contributed by atoms with van der Waals surface area (Å²) in [6.45, 7) is 3.45. The minimum Gasteiger partial charge on any atom is -0.114 e. The predicted octanol–water partition coefficient (Wildman–Crippen LogP) is 1.56. The van der Waals surface area contributed by atoms with Crippen molar-refractivity contribution in [1.82, 2.24) is 0 Å². The molecule has 0 saturated carbocycles. The summed E-state index contributed by atoms with van der Waals surface area (Å²) < 4.78 is 0. The van der Waals surface area contributed by atoms with E-state index in [-0.39, 0.29) is 0 Å². The van der Waals surface area contributed by atoms with Crippen LogP contribution in [-0.2, 0) is 0 Å². The lowest BCUT2D eigenvalue weighted by Crippen LogP contribution is -1.28. The van der Waals surface area contributed by atoms with Crippen LogP contribution < -0.4 is 0 Å². The second kappa shape index (κ2) is 3.91. The summed E-state index contributed by atoms with van der Waals surface area (Å²) in [7, 11) is 2.45. The third kappa shape index (κ3) is 3.91. The molecule has 0 aromatic heterocycles. The number of allylic oxidation sites excluding steroid dienone is 2. The maximum absolute atomic E-state index is 3.45. The average Bonchev–Trinajstić information content (AvgIpc) is 1.41. The van der Waals surface area contributed by atoms with Crippen molar-refractivity contribution in [3.8, 4) is 0 Å². The van der Waals surface area contributed by atoms with Gasteiger partial charge in [0.25, 0.3) is 0 Å². The number of hydrogen-bond acceptors (Lipinski definition) is 0. The Morgan fingerprint density at radius 2 is 2.20 bits per heavy atom. The molecular formula is C4H7P. The predicted molar refractivity (Wildman–Crippen MR) is 29.0 cm³/mol. The van der Waals surface area contributed by atoms with Crippen molar-refractivity contribution in [2.24, 2.45) is 0 Å². The van der Waals surface area contributed by atoms with Gasteiger partial charge in [0.1, 0.15) is 0 Å². The lowest BCUT2D eigenvalue weighted by molar-refractivity contribution is 2.12. The zero-order valence-corrected chi connectivity index (χ0v) is 4.17. The van der Waals surface area contributed by atoms with Crippen LogP contribution in [0.4, 0.5) is 0 Å².